The zero-order chi connectivity index (χ0) is 15.0. The molecule has 1 atom stereocenters. The highest BCUT2D eigenvalue weighted by Gasteiger charge is 2.22. The summed E-state index contributed by atoms with van der Waals surface area (Å²) in [7, 11) is 0. The molecule has 0 aromatic heterocycles. The summed E-state index contributed by atoms with van der Waals surface area (Å²) in [4.78, 5) is 0. The van der Waals surface area contributed by atoms with Crippen molar-refractivity contribution in [2.24, 2.45) is 0 Å². The largest absolute Gasteiger partial charge is 0.394 e. The minimum Gasteiger partial charge on any atom is -0.394 e. The van der Waals surface area contributed by atoms with Gasteiger partial charge in [-0.1, -0.05) is 18.2 Å². The second-order valence-electron chi connectivity index (χ2n) is 5.02. The van der Waals surface area contributed by atoms with Gasteiger partial charge < -0.3 is 25.4 Å². The molecule has 0 bridgehead atoms. The average Bonchev–Trinajstić information content (AvgIpc) is 2.47. The first-order valence-electron chi connectivity index (χ1n) is 6.47. The van der Waals surface area contributed by atoms with E-state index in [2.05, 4.69) is 5.32 Å². The molecule has 0 spiro atoms. The van der Waals surface area contributed by atoms with Crippen LogP contribution in [0.4, 0.5) is 4.39 Å². The first-order valence-corrected chi connectivity index (χ1v) is 6.47. The Balaban J connectivity index is 2.27. The molecule has 0 aliphatic heterocycles. The fraction of sp³-hybridized carbons (Fsp3) is 0.571. The van der Waals surface area contributed by atoms with Crippen LogP contribution in [0.5, 0.6) is 0 Å². The molecular formula is C14H22FNO4. The van der Waals surface area contributed by atoms with Crippen LogP contribution in [0.1, 0.15) is 12.5 Å². The molecule has 4 N–H and O–H groups in total. The Morgan fingerprint density at radius 1 is 1.30 bits per heavy atom. The molecule has 1 unspecified atom stereocenters. The van der Waals surface area contributed by atoms with E-state index in [0.717, 1.165) is 0 Å². The molecule has 0 fully saturated rings. The van der Waals surface area contributed by atoms with Gasteiger partial charge in [-0.05, 0) is 13.0 Å². The maximum atomic E-state index is 13.3. The lowest BCUT2D eigenvalue weighted by Gasteiger charge is -2.27. The highest BCUT2D eigenvalue weighted by atomic mass is 19.1. The number of aliphatic hydroxyl groups is 3. The van der Waals surface area contributed by atoms with E-state index in [4.69, 9.17) is 14.9 Å². The number of rotatable bonds is 9. The molecule has 0 heterocycles. The van der Waals surface area contributed by atoms with E-state index < -0.39 is 11.6 Å². The van der Waals surface area contributed by atoms with E-state index in [1.165, 1.54) is 6.07 Å². The van der Waals surface area contributed by atoms with Gasteiger partial charge in [0.2, 0.25) is 0 Å². The van der Waals surface area contributed by atoms with Crippen LogP contribution in [0.25, 0.3) is 0 Å². The molecule has 0 amide bonds. The molecular weight excluding hydrogens is 265 g/mol. The second-order valence-corrected chi connectivity index (χ2v) is 5.02. The monoisotopic (exact) mass is 287 g/mol. The Kier molecular flexibility index (Phi) is 7.04. The van der Waals surface area contributed by atoms with Gasteiger partial charge in [-0.15, -0.1) is 0 Å². The summed E-state index contributed by atoms with van der Waals surface area (Å²) in [5, 5.41) is 30.7. The van der Waals surface area contributed by atoms with Crippen molar-refractivity contribution < 1.29 is 24.4 Å². The van der Waals surface area contributed by atoms with Crippen LogP contribution in [0.2, 0.25) is 0 Å². The lowest BCUT2D eigenvalue weighted by Crippen LogP contribution is -2.51. The van der Waals surface area contributed by atoms with Crippen LogP contribution in [-0.4, -0.2) is 53.3 Å². The third-order valence-corrected chi connectivity index (χ3v) is 2.99. The number of hydrogen-bond donors (Lipinski definition) is 4. The van der Waals surface area contributed by atoms with Crippen molar-refractivity contribution in [1.82, 2.24) is 5.32 Å². The van der Waals surface area contributed by atoms with Gasteiger partial charge in [0.25, 0.3) is 0 Å². The van der Waals surface area contributed by atoms with E-state index in [9.17, 15) is 9.50 Å². The van der Waals surface area contributed by atoms with Crippen molar-refractivity contribution in [3.63, 3.8) is 0 Å². The first-order chi connectivity index (χ1) is 9.50. The summed E-state index contributed by atoms with van der Waals surface area (Å²) >= 11 is 0. The summed E-state index contributed by atoms with van der Waals surface area (Å²) in [5.41, 5.74) is -0.407. The Morgan fingerprint density at radius 2 is 1.95 bits per heavy atom. The van der Waals surface area contributed by atoms with E-state index in [1.807, 2.05) is 0 Å². The Bertz CT molecular complexity index is 399. The van der Waals surface area contributed by atoms with E-state index in [-0.39, 0.29) is 38.8 Å². The molecule has 0 saturated carbocycles. The molecule has 6 heteroatoms. The summed E-state index contributed by atoms with van der Waals surface area (Å²) < 4.78 is 18.5. The van der Waals surface area contributed by atoms with Crippen molar-refractivity contribution in [2.45, 2.75) is 25.2 Å². The highest BCUT2D eigenvalue weighted by molar-refractivity contribution is 5.16. The zero-order valence-electron chi connectivity index (χ0n) is 11.6. The molecule has 0 saturated heterocycles. The number of β-amino-alcohol motifs (C(OH)–C–C–N with tert-alkyl or cyclic N) is 1. The van der Waals surface area contributed by atoms with Gasteiger partial charge >= 0.3 is 0 Å². The highest BCUT2D eigenvalue weighted by Crippen LogP contribution is 2.08. The maximum Gasteiger partial charge on any atom is 0.128 e. The van der Waals surface area contributed by atoms with Gasteiger partial charge in [0.1, 0.15) is 5.82 Å². The van der Waals surface area contributed by atoms with Gasteiger partial charge in [0.15, 0.2) is 0 Å². The van der Waals surface area contributed by atoms with Crippen LogP contribution < -0.4 is 5.32 Å². The first kappa shape index (κ1) is 17.0. The maximum absolute atomic E-state index is 13.3. The third-order valence-electron chi connectivity index (χ3n) is 2.99. The zero-order valence-corrected chi connectivity index (χ0v) is 11.6. The van der Waals surface area contributed by atoms with Gasteiger partial charge in [-0.3, -0.25) is 0 Å². The third kappa shape index (κ3) is 5.52. The molecule has 1 rings (SSSR count). The van der Waals surface area contributed by atoms with Crippen LogP contribution in [0, 0.1) is 5.82 Å². The standard InChI is InChI=1S/C14H22FNO4/c1-14(9-17,10-18)16-6-12(19)8-20-7-11-4-2-3-5-13(11)15/h2-5,12,16-19H,6-10H2,1H3. The van der Waals surface area contributed by atoms with E-state index >= 15 is 0 Å². The number of benzene rings is 1. The Labute approximate surface area is 118 Å². The minimum absolute atomic E-state index is 0.0360. The molecule has 5 nitrogen and oxygen atoms in total. The van der Waals surface area contributed by atoms with Gasteiger partial charge in [0.05, 0.1) is 38.1 Å². The van der Waals surface area contributed by atoms with Crippen molar-refractivity contribution in [3.8, 4) is 0 Å². The molecule has 1 aromatic carbocycles. The normalized spacial score (nSPS) is 13.4. The number of halogens is 1. The smallest absolute Gasteiger partial charge is 0.128 e. The Morgan fingerprint density at radius 3 is 2.55 bits per heavy atom. The lowest BCUT2D eigenvalue weighted by molar-refractivity contribution is 0.0174. The van der Waals surface area contributed by atoms with Crippen molar-refractivity contribution in [3.05, 3.63) is 35.6 Å². The van der Waals surface area contributed by atoms with Crippen LogP contribution in [0.3, 0.4) is 0 Å². The fourth-order valence-corrected chi connectivity index (χ4v) is 1.51. The van der Waals surface area contributed by atoms with Gasteiger partial charge in [-0.2, -0.15) is 0 Å². The molecule has 1 aromatic rings. The Hall–Kier alpha value is -1.05. The van der Waals surface area contributed by atoms with Crippen molar-refractivity contribution in [1.29, 1.82) is 0 Å². The summed E-state index contributed by atoms with van der Waals surface area (Å²) in [6, 6.07) is 6.29. The molecule has 0 aliphatic carbocycles. The summed E-state index contributed by atoms with van der Waals surface area (Å²) in [6.07, 6.45) is -0.806. The quantitative estimate of drug-likeness (QED) is 0.515. The van der Waals surface area contributed by atoms with E-state index in [0.29, 0.717) is 5.56 Å². The summed E-state index contributed by atoms with van der Waals surface area (Å²) in [6.45, 7) is 1.43. The predicted molar refractivity (Wildman–Crippen MR) is 72.6 cm³/mol. The van der Waals surface area contributed by atoms with Crippen LogP contribution >= 0.6 is 0 Å². The molecule has 0 radical (unpaired) electrons. The number of aliphatic hydroxyl groups excluding tert-OH is 3. The number of nitrogens with one attached hydrogen (secondary N) is 1. The SMILES string of the molecule is CC(CO)(CO)NCC(O)COCc1ccccc1F. The fourth-order valence-electron chi connectivity index (χ4n) is 1.51. The second kappa shape index (κ2) is 8.28. The predicted octanol–water partition coefficient (Wildman–Crippen LogP) is 0.0361. The molecule has 114 valence electrons. The van der Waals surface area contributed by atoms with Crippen molar-refractivity contribution >= 4 is 0 Å². The molecule has 0 aliphatic rings. The van der Waals surface area contributed by atoms with Gasteiger partial charge in [-0.25, -0.2) is 4.39 Å². The lowest BCUT2D eigenvalue weighted by atomic mass is 10.1. The van der Waals surface area contributed by atoms with E-state index in [1.54, 1.807) is 25.1 Å². The average molecular weight is 287 g/mol. The molecule has 20 heavy (non-hydrogen) atoms. The number of ether oxygens (including phenoxy) is 1. The van der Waals surface area contributed by atoms with Gasteiger partial charge in [0, 0.05) is 12.1 Å². The topological polar surface area (TPSA) is 82.0 Å². The summed E-state index contributed by atoms with van der Waals surface area (Å²) in [5.74, 6) is -0.340. The number of hydrogen-bond acceptors (Lipinski definition) is 5. The van der Waals surface area contributed by atoms with Crippen LogP contribution in [-0.2, 0) is 11.3 Å². The van der Waals surface area contributed by atoms with Crippen LogP contribution in [0.15, 0.2) is 24.3 Å². The minimum atomic E-state index is -0.841. The van der Waals surface area contributed by atoms with Crippen molar-refractivity contribution in [2.75, 3.05) is 26.4 Å².